The number of amides is 1. The predicted molar refractivity (Wildman–Crippen MR) is 105 cm³/mol. The molecule has 0 aliphatic carbocycles. The van der Waals surface area contributed by atoms with Crippen LogP contribution in [0.2, 0.25) is 0 Å². The van der Waals surface area contributed by atoms with Crippen molar-refractivity contribution < 1.29 is 26.5 Å². The van der Waals surface area contributed by atoms with Crippen molar-refractivity contribution in [2.45, 2.75) is 0 Å². The van der Waals surface area contributed by atoms with Crippen molar-refractivity contribution in [3.63, 3.8) is 0 Å². The lowest BCUT2D eigenvalue weighted by Crippen LogP contribution is -2.24. The molecule has 0 spiro atoms. The highest BCUT2D eigenvalue weighted by Gasteiger charge is 2.14. The third-order valence-corrected chi connectivity index (χ3v) is 4.26. The average molecular weight is 427 g/mol. The molecule has 5 N–H and O–H groups in total. The van der Waals surface area contributed by atoms with Gasteiger partial charge in [-0.05, 0) is 35.4 Å². The Kier molecular flexibility index (Phi) is 6.44. The van der Waals surface area contributed by atoms with Crippen LogP contribution >= 0.6 is 11.3 Å². The molecule has 2 aromatic carbocycles. The molecular weight excluding hydrogens is 412 g/mol. The van der Waals surface area contributed by atoms with E-state index in [1.54, 1.807) is 18.2 Å². The standard InChI is InChI=1S/C16H11F2N3OS.CH4O3S/c17-9-4-8(5-10(18)6-9)11-2-1-3-13-12(11)7-14(23-13)15(22)21-16(19)20;1-5(2,3)4/h1-7H,(H4,19,20,21,22);1H3,(H,2,3,4). The number of hydrogen-bond donors (Lipinski definition) is 3. The zero-order valence-electron chi connectivity index (χ0n) is 14.4. The topological polar surface area (TPSA) is 136 Å². The van der Waals surface area contributed by atoms with E-state index in [0.717, 1.165) is 10.8 Å². The average Bonchev–Trinajstić information content (AvgIpc) is 2.95. The molecule has 0 bridgehead atoms. The fraction of sp³-hybridized carbons (Fsp3) is 0.0588. The SMILES string of the molecule is CS(=O)(=O)O.NC(N)=NC(=O)c1cc2c(-c3cc(F)cc(F)c3)cccc2s1. The largest absolute Gasteiger partial charge is 0.370 e. The maximum absolute atomic E-state index is 13.5. The number of halogens is 2. The van der Waals surface area contributed by atoms with Gasteiger partial charge < -0.3 is 11.5 Å². The second kappa shape index (κ2) is 8.42. The maximum atomic E-state index is 13.5. The van der Waals surface area contributed by atoms with E-state index in [4.69, 9.17) is 16.0 Å². The molecule has 3 rings (SSSR count). The summed E-state index contributed by atoms with van der Waals surface area (Å²) in [4.78, 5) is 15.8. The first-order valence-electron chi connectivity index (χ1n) is 7.49. The van der Waals surface area contributed by atoms with E-state index in [1.807, 2.05) is 6.07 Å². The number of benzene rings is 2. The van der Waals surface area contributed by atoms with Crippen LogP contribution in [-0.4, -0.2) is 31.1 Å². The van der Waals surface area contributed by atoms with Gasteiger partial charge in [-0.25, -0.2) is 8.78 Å². The van der Waals surface area contributed by atoms with Crippen LogP contribution in [0.25, 0.3) is 21.2 Å². The summed E-state index contributed by atoms with van der Waals surface area (Å²) in [5.41, 5.74) is 11.4. The van der Waals surface area contributed by atoms with Gasteiger partial charge in [0.2, 0.25) is 0 Å². The van der Waals surface area contributed by atoms with Crippen LogP contribution in [0.5, 0.6) is 0 Å². The number of aliphatic imine (C=N–C) groups is 1. The zero-order chi connectivity index (χ0) is 21.1. The first kappa shape index (κ1) is 21.4. The van der Waals surface area contributed by atoms with Gasteiger partial charge >= 0.3 is 0 Å². The van der Waals surface area contributed by atoms with Gasteiger partial charge in [0.05, 0.1) is 11.1 Å². The fourth-order valence-electron chi connectivity index (χ4n) is 2.30. The second-order valence-corrected chi connectivity index (χ2v) is 8.11. The molecule has 28 heavy (non-hydrogen) atoms. The molecule has 0 radical (unpaired) electrons. The molecule has 1 aromatic heterocycles. The first-order valence-corrected chi connectivity index (χ1v) is 10.2. The van der Waals surface area contributed by atoms with Gasteiger partial charge in [-0.15, -0.1) is 11.3 Å². The third-order valence-electron chi connectivity index (χ3n) is 3.18. The Bertz CT molecular complexity index is 1140. The number of rotatable bonds is 2. The summed E-state index contributed by atoms with van der Waals surface area (Å²) in [6.07, 6.45) is 0.715. The van der Waals surface area contributed by atoms with E-state index in [1.165, 1.54) is 23.5 Å². The summed E-state index contributed by atoms with van der Waals surface area (Å²) < 4.78 is 53.6. The van der Waals surface area contributed by atoms with Gasteiger partial charge in [-0.2, -0.15) is 13.4 Å². The molecule has 0 aliphatic rings. The molecule has 0 unspecified atom stereocenters. The van der Waals surface area contributed by atoms with Crippen LogP contribution in [0, 0.1) is 11.6 Å². The predicted octanol–water partition coefficient (Wildman–Crippen LogP) is 2.76. The smallest absolute Gasteiger partial charge is 0.290 e. The molecule has 0 aliphatic heterocycles. The molecule has 0 fully saturated rings. The van der Waals surface area contributed by atoms with Crippen molar-refractivity contribution in [1.82, 2.24) is 0 Å². The van der Waals surface area contributed by atoms with Crippen molar-refractivity contribution in [2.75, 3.05) is 6.26 Å². The van der Waals surface area contributed by atoms with Crippen molar-refractivity contribution in [3.05, 3.63) is 59.0 Å². The monoisotopic (exact) mass is 427 g/mol. The van der Waals surface area contributed by atoms with Crippen molar-refractivity contribution in [3.8, 4) is 11.1 Å². The Hall–Kier alpha value is -2.89. The lowest BCUT2D eigenvalue weighted by molar-refractivity contribution is 0.101. The molecule has 3 aromatic rings. The lowest BCUT2D eigenvalue weighted by atomic mass is 10.0. The summed E-state index contributed by atoms with van der Waals surface area (Å²) in [5.74, 6) is -2.20. The summed E-state index contributed by atoms with van der Waals surface area (Å²) in [6, 6.07) is 10.2. The number of hydrogen-bond acceptors (Lipinski definition) is 4. The number of carbonyl (C=O) groups excluding carboxylic acids is 1. The van der Waals surface area contributed by atoms with Crippen LogP contribution in [0.1, 0.15) is 9.67 Å². The minimum atomic E-state index is -3.67. The molecular formula is C17H15F2N3O4S2. The normalized spacial score (nSPS) is 10.9. The van der Waals surface area contributed by atoms with Crippen LogP contribution in [0.4, 0.5) is 8.78 Å². The molecule has 0 saturated heterocycles. The summed E-state index contributed by atoms with van der Waals surface area (Å²) in [7, 11) is -3.67. The van der Waals surface area contributed by atoms with E-state index >= 15 is 0 Å². The Morgan fingerprint density at radius 2 is 1.68 bits per heavy atom. The Balaban J connectivity index is 0.000000500. The van der Waals surface area contributed by atoms with Gasteiger partial charge in [0.15, 0.2) is 5.96 Å². The van der Waals surface area contributed by atoms with Crippen molar-refractivity contribution in [2.24, 2.45) is 16.5 Å². The highest BCUT2D eigenvalue weighted by Crippen LogP contribution is 2.35. The molecule has 0 saturated carbocycles. The number of nitrogens with two attached hydrogens (primary N) is 2. The fourth-order valence-corrected chi connectivity index (χ4v) is 3.27. The summed E-state index contributed by atoms with van der Waals surface area (Å²) in [5, 5.41) is 0.705. The summed E-state index contributed by atoms with van der Waals surface area (Å²) in [6.45, 7) is 0. The van der Waals surface area contributed by atoms with Crippen LogP contribution in [0.3, 0.4) is 0 Å². The van der Waals surface area contributed by atoms with Gasteiger partial charge in [-0.1, -0.05) is 12.1 Å². The minimum Gasteiger partial charge on any atom is -0.370 e. The number of fused-ring (bicyclic) bond motifs is 1. The number of guanidine groups is 1. The van der Waals surface area contributed by atoms with Gasteiger partial charge in [-0.3, -0.25) is 9.35 Å². The highest BCUT2D eigenvalue weighted by molar-refractivity contribution is 7.85. The van der Waals surface area contributed by atoms with Gasteiger partial charge in [0.1, 0.15) is 11.6 Å². The lowest BCUT2D eigenvalue weighted by Gasteiger charge is -2.04. The molecule has 7 nitrogen and oxygen atoms in total. The Labute approximate surface area is 163 Å². The molecule has 0 atom stereocenters. The molecule has 148 valence electrons. The van der Waals surface area contributed by atoms with E-state index in [9.17, 15) is 22.0 Å². The van der Waals surface area contributed by atoms with Crippen molar-refractivity contribution in [1.29, 1.82) is 0 Å². The van der Waals surface area contributed by atoms with E-state index in [0.29, 0.717) is 27.6 Å². The minimum absolute atomic E-state index is 0.320. The summed E-state index contributed by atoms with van der Waals surface area (Å²) >= 11 is 1.21. The molecule has 1 heterocycles. The van der Waals surface area contributed by atoms with Gasteiger partial charge in [0, 0.05) is 16.2 Å². The van der Waals surface area contributed by atoms with E-state index < -0.39 is 27.7 Å². The van der Waals surface area contributed by atoms with Crippen LogP contribution in [0.15, 0.2) is 47.5 Å². The number of nitrogens with zero attached hydrogens (tertiary/aromatic N) is 1. The quantitative estimate of drug-likeness (QED) is 0.327. The van der Waals surface area contributed by atoms with Gasteiger partial charge in [0.25, 0.3) is 16.0 Å². The Morgan fingerprint density at radius 1 is 1.11 bits per heavy atom. The first-order chi connectivity index (χ1) is 12.9. The third kappa shape index (κ3) is 6.08. The Morgan fingerprint density at radius 3 is 2.21 bits per heavy atom. The zero-order valence-corrected chi connectivity index (χ0v) is 16.0. The number of carbonyl (C=O) groups is 1. The second-order valence-electron chi connectivity index (χ2n) is 5.56. The van der Waals surface area contributed by atoms with E-state index in [2.05, 4.69) is 4.99 Å². The maximum Gasteiger partial charge on any atom is 0.290 e. The van der Waals surface area contributed by atoms with Crippen LogP contribution < -0.4 is 11.5 Å². The number of thiophene rings is 1. The molecule has 11 heteroatoms. The highest BCUT2D eigenvalue weighted by atomic mass is 32.2. The van der Waals surface area contributed by atoms with Crippen molar-refractivity contribution >= 4 is 43.4 Å². The van der Waals surface area contributed by atoms with E-state index in [-0.39, 0.29) is 5.96 Å². The van der Waals surface area contributed by atoms with Crippen LogP contribution in [-0.2, 0) is 10.1 Å². The molecule has 1 amide bonds.